The molecule has 2 heterocycles. The van der Waals surface area contributed by atoms with Crippen LogP contribution >= 0.6 is 0 Å². The van der Waals surface area contributed by atoms with Crippen molar-refractivity contribution >= 4 is 18.4 Å². The summed E-state index contributed by atoms with van der Waals surface area (Å²) in [7, 11) is -1.83. The summed E-state index contributed by atoms with van der Waals surface area (Å²) in [4.78, 5) is 15.1. The van der Waals surface area contributed by atoms with E-state index in [1.54, 1.807) is 5.19 Å². The number of hydrogen-bond donors (Lipinski definition) is 0. The highest BCUT2D eigenvalue weighted by Gasteiger charge is 2.39. The summed E-state index contributed by atoms with van der Waals surface area (Å²) in [5, 5.41) is 3.07. The van der Waals surface area contributed by atoms with Gasteiger partial charge in [-0.3, -0.25) is 0 Å². The third-order valence-corrected chi connectivity index (χ3v) is 15.0. The summed E-state index contributed by atoms with van der Waals surface area (Å²) in [5.74, 6) is 1.92. The molecule has 0 saturated carbocycles. The number of fused-ring (bicyclic) bond motifs is 3. The monoisotopic (exact) mass is 745 g/mol. The SMILES string of the molecule is C[Si]1(C)c2ccccc2-c2cccc(-c3ccc(-c4ccc(-c5nc(-c6ccc(-c7ccccc7)cc6)nc(-c6ccc(-c7ccccc7)cc6)n5)cc4)cc3)c21. The molecule has 9 aromatic rings. The van der Waals surface area contributed by atoms with Crippen LogP contribution in [0.1, 0.15) is 0 Å². The van der Waals surface area contributed by atoms with E-state index in [9.17, 15) is 0 Å². The molecule has 1 aliphatic heterocycles. The van der Waals surface area contributed by atoms with Gasteiger partial charge in [-0.2, -0.15) is 0 Å². The number of rotatable bonds is 7. The molecule has 0 N–H and O–H groups in total. The Hall–Kier alpha value is -7.01. The van der Waals surface area contributed by atoms with Gasteiger partial charge in [0.2, 0.25) is 0 Å². The van der Waals surface area contributed by atoms with Crippen molar-refractivity contribution in [2.24, 2.45) is 0 Å². The van der Waals surface area contributed by atoms with Crippen LogP contribution in [0, 0.1) is 0 Å². The third-order valence-electron chi connectivity index (χ3n) is 11.4. The predicted octanol–water partition coefficient (Wildman–Crippen LogP) is 12.3. The zero-order valence-corrected chi connectivity index (χ0v) is 32.9. The first-order chi connectivity index (χ1) is 28.0. The van der Waals surface area contributed by atoms with Gasteiger partial charge in [0.15, 0.2) is 17.5 Å². The normalized spacial score (nSPS) is 12.5. The second-order valence-corrected chi connectivity index (χ2v) is 19.5. The summed E-state index contributed by atoms with van der Waals surface area (Å²) in [6, 6.07) is 71.2. The fourth-order valence-electron chi connectivity index (χ4n) is 8.39. The fourth-order valence-corrected chi connectivity index (χ4v) is 11.9. The maximum atomic E-state index is 5.05. The molecule has 3 nitrogen and oxygen atoms in total. The number of nitrogens with zero attached hydrogens (tertiary/aromatic N) is 3. The van der Waals surface area contributed by atoms with Gasteiger partial charge in [-0.25, -0.2) is 15.0 Å². The predicted molar refractivity (Wildman–Crippen MR) is 240 cm³/mol. The van der Waals surface area contributed by atoms with E-state index in [0.717, 1.165) is 33.4 Å². The molecule has 1 aromatic heterocycles. The van der Waals surface area contributed by atoms with E-state index in [2.05, 4.69) is 201 Å². The second-order valence-electron chi connectivity index (χ2n) is 15.2. The Morgan fingerprint density at radius 1 is 0.263 bits per heavy atom. The third kappa shape index (κ3) is 6.40. The summed E-state index contributed by atoms with van der Waals surface area (Å²) >= 11 is 0. The minimum absolute atomic E-state index is 0.641. The van der Waals surface area contributed by atoms with E-state index < -0.39 is 8.07 Å². The molecule has 0 unspecified atom stereocenters. The van der Waals surface area contributed by atoms with Crippen molar-refractivity contribution in [2.75, 3.05) is 0 Å². The Morgan fingerprint density at radius 2 is 0.579 bits per heavy atom. The zero-order valence-electron chi connectivity index (χ0n) is 31.9. The van der Waals surface area contributed by atoms with Crippen molar-refractivity contribution in [3.05, 3.63) is 200 Å². The van der Waals surface area contributed by atoms with Gasteiger partial charge in [0.1, 0.15) is 8.07 Å². The van der Waals surface area contributed by atoms with Crippen LogP contribution in [0.5, 0.6) is 0 Å². The van der Waals surface area contributed by atoms with E-state index in [1.807, 2.05) is 12.1 Å². The Kier molecular flexibility index (Phi) is 8.62. The van der Waals surface area contributed by atoms with Crippen molar-refractivity contribution in [1.29, 1.82) is 0 Å². The van der Waals surface area contributed by atoms with Crippen LogP contribution in [-0.2, 0) is 0 Å². The standard InChI is InChI=1S/C53H39N3Si/c1-57(2)49-19-10-9-16-47(49)48-18-11-17-46(50(48)57)42-28-20-40(21-29-42)41-26-34-45(35-27-41)53-55-51(43-30-22-38(23-31-43)36-12-5-3-6-13-36)54-52(56-53)44-32-24-39(25-33-44)37-14-7-4-8-15-37/h3-35H,1-2H3. The highest BCUT2D eigenvalue weighted by molar-refractivity contribution is 7.04. The first-order valence-electron chi connectivity index (χ1n) is 19.5. The Balaban J connectivity index is 0.974. The summed E-state index contributed by atoms with van der Waals surface area (Å²) in [6.07, 6.45) is 0. The van der Waals surface area contributed by atoms with E-state index in [-0.39, 0.29) is 0 Å². The lowest BCUT2D eigenvalue weighted by molar-refractivity contribution is 1.07. The van der Waals surface area contributed by atoms with Crippen molar-refractivity contribution in [1.82, 2.24) is 15.0 Å². The topological polar surface area (TPSA) is 38.7 Å². The summed E-state index contributed by atoms with van der Waals surface area (Å²) in [6.45, 7) is 4.97. The van der Waals surface area contributed by atoms with Crippen LogP contribution in [-0.4, -0.2) is 23.0 Å². The van der Waals surface area contributed by atoms with Crippen molar-refractivity contribution in [2.45, 2.75) is 13.1 Å². The molecular weight excluding hydrogens is 707 g/mol. The van der Waals surface area contributed by atoms with Gasteiger partial charge >= 0.3 is 0 Å². The average Bonchev–Trinajstić information content (AvgIpc) is 3.53. The molecule has 0 radical (unpaired) electrons. The van der Waals surface area contributed by atoms with E-state index in [0.29, 0.717) is 17.5 Å². The molecule has 270 valence electrons. The van der Waals surface area contributed by atoms with Crippen LogP contribution in [0.4, 0.5) is 0 Å². The molecule has 10 rings (SSSR count). The minimum Gasteiger partial charge on any atom is -0.208 e. The van der Waals surface area contributed by atoms with Crippen molar-refractivity contribution < 1.29 is 0 Å². The smallest absolute Gasteiger partial charge is 0.164 e. The van der Waals surface area contributed by atoms with Crippen LogP contribution in [0.2, 0.25) is 13.1 Å². The van der Waals surface area contributed by atoms with Gasteiger partial charge < -0.3 is 0 Å². The second kappa shape index (κ2) is 14.2. The van der Waals surface area contributed by atoms with Crippen LogP contribution < -0.4 is 10.4 Å². The maximum absolute atomic E-state index is 5.05. The van der Waals surface area contributed by atoms with Crippen molar-refractivity contribution in [3.63, 3.8) is 0 Å². The lowest BCUT2D eigenvalue weighted by atomic mass is 9.97. The molecule has 0 spiro atoms. The quantitative estimate of drug-likeness (QED) is 0.153. The fraction of sp³-hybridized carbons (Fsp3) is 0.0377. The Labute approximate surface area is 335 Å². The zero-order chi connectivity index (χ0) is 38.3. The van der Waals surface area contributed by atoms with E-state index in [4.69, 9.17) is 15.0 Å². The number of hydrogen-bond acceptors (Lipinski definition) is 3. The van der Waals surface area contributed by atoms with Gasteiger partial charge in [-0.05, 0) is 66.0 Å². The first-order valence-corrected chi connectivity index (χ1v) is 22.5. The Bertz CT molecular complexity index is 2770. The first kappa shape index (κ1) is 34.5. The molecule has 0 saturated heterocycles. The molecule has 0 atom stereocenters. The minimum atomic E-state index is -1.83. The van der Waals surface area contributed by atoms with Gasteiger partial charge in [-0.15, -0.1) is 0 Å². The largest absolute Gasteiger partial charge is 0.208 e. The molecule has 0 amide bonds. The number of aromatic nitrogens is 3. The molecule has 57 heavy (non-hydrogen) atoms. The summed E-state index contributed by atoms with van der Waals surface area (Å²) < 4.78 is 0. The molecule has 8 aromatic carbocycles. The van der Waals surface area contributed by atoms with Gasteiger partial charge in [0.05, 0.1) is 0 Å². The van der Waals surface area contributed by atoms with Gasteiger partial charge in [0.25, 0.3) is 0 Å². The summed E-state index contributed by atoms with van der Waals surface area (Å²) in [5.41, 5.74) is 15.2. The molecule has 0 bridgehead atoms. The molecule has 1 aliphatic rings. The van der Waals surface area contributed by atoms with Gasteiger partial charge in [0, 0.05) is 16.7 Å². The lowest BCUT2D eigenvalue weighted by Gasteiger charge is -2.22. The average molecular weight is 746 g/mol. The van der Waals surface area contributed by atoms with E-state index in [1.165, 1.54) is 44.1 Å². The van der Waals surface area contributed by atoms with Crippen LogP contribution in [0.15, 0.2) is 200 Å². The molecule has 0 aliphatic carbocycles. The van der Waals surface area contributed by atoms with E-state index >= 15 is 0 Å². The van der Waals surface area contributed by atoms with Gasteiger partial charge in [-0.1, -0.05) is 213 Å². The highest BCUT2D eigenvalue weighted by Crippen LogP contribution is 2.35. The highest BCUT2D eigenvalue weighted by atomic mass is 28.3. The molecule has 0 fully saturated rings. The maximum Gasteiger partial charge on any atom is 0.164 e. The Morgan fingerprint density at radius 3 is 1.02 bits per heavy atom. The number of benzene rings is 8. The molecular formula is C53H39N3Si. The van der Waals surface area contributed by atoms with Crippen LogP contribution in [0.25, 0.3) is 89.8 Å². The van der Waals surface area contributed by atoms with Crippen molar-refractivity contribution in [3.8, 4) is 89.8 Å². The lowest BCUT2D eigenvalue weighted by Crippen LogP contribution is -2.50. The van der Waals surface area contributed by atoms with Crippen LogP contribution in [0.3, 0.4) is 0 Å². The molecule has 4 heteroatoms.